The molecule has 0 spiro atoms. The van der Waals surface area contributed by atoms with E-state index >= 15 is 0 Å². The van der Waals surface area contributed by atoms with E-state index in [2.05, 4.69) is 36.2 Å². The van der Waals surface area contributed by atoms with Crippen LogP contribution in [0.1, 0.15) is 63.1 Å². The summed E-state index contributed by atoms with van der Waals surface area (Å²) < 4.78 is 5.21. The Labute approximate surface area is 119 Å². The lowest BCUT2D eigenvalue weighted by atomic mass is 9.87. The van der Waals surface area contributed by atoms with E-state index in [9.17, 15) is 4.79 Å². The van der Waals surface area contributed by atoms with Gasteiger partial charge < -0.3 is 14.7 Å². The van der Waals surface area contributed by atoms with E-state index < -0.39 is 0 Å². The number of amides is 1. The Morgan fingerprint density at radius 1 is 1.50 bits per heavy atom. The van der Waals surface area contributed by atoms with Crippen molar-refractivity contribution in [1.29, 1.82) is 0 Å². The minimum absolute atomic E-state index is 0.00395. The lowest BCUT2D eigenvalue weighted by molar-refractivity contribution is 0.0614. The summed E-state index contributed by atoms with van der Waals surface area (Å²) in [5.41, 5.74) is 0.00395. The normalized spacial score (nSPS) is 20.9. The SMILES string of the molecule is CC(N(C)C(=O)c1noc(C2CCCN2)n1)C(C)(C)C. The van der Waals surface area contributed by atoms with Crippen molar-refractivity contribution < 1.29 is 9.32 Å². The molecule has 0 saturated carbocycles. The number of hydrogen-bond acceptors (Lipinski definition) is 5. The Balaban J connectivity index is 2.09. The highest BCUT2D eigenvalue weighted by molar-refractivity contribution is 5.90. The van der Waals surface area contributed by atoms with Crippen LogP contribution in [0.25, 0.3) is 0 Å². The number of aromatic nitrogens is 2. The van der Waals surface area contributed by atoms with Crippen LogP contribution >= 0.6 is 0 Å². The predicted molar refractivity (Wildman–Crippen MR) is 75.3 cm³/mol. The highest BCUT2D eigenvalue weighted by atomic mass is 16.5. The maximum Gasteiger partial charge on any atom is 0.295 e. The topological polar surface area (TPSA) is 71.3 Å². The zero-order chi connectivity index (χ0) is 14.9. The molecule has 2 atom stereocenters. The molecule has 1 aliphatic heterocycles. The minimum atomic E-state index is -0.194. The third-order valence-electron chi connectivity index (χ3n) is 4.15. The molecule has 1 aromatic rings. The Morgan fingerprint density at radius 3 is 2.75 bits per heavy atom. The fourth-order valence-electron chi connectivity index (χ4n) is 2.27. The lowest BCUT2D eigenvalue weighted by Crippen LogP contribution is -2.43. The molecule has 6 heteroatoms. The Kier molecular flexibility index (Phi) is 4.13. The smallest absolute Gasteiger partial charge is 0.295 e. The summed E-state index contributed by atoms with van der Waals surface area (Å²) >= 11 is 0. The Morgan fingerprint density at radius 2 is 2.20 bits per heavy atom. The number of hydrogen-bond donors (Lipinski definition) is 1. The molecule has 1 amide bonds. The van der Waals surface area contributed by atoms with Gasteiger partial charge in [0.05, 0.1) is 6.04 Å². The summed E-state index contributed by atoms with van der Waals surface area (Å²) in [4.78, 5) is 18.3. The third kappa shape index (κ3) is 3.00. The van der Waals surface area contributed by atoms with Crippen LogP contribution in [-0.4, -0.2) is 40.6 Å². The predicted octanol–water partition coefficient (Wildman–Crippen LogP) is 2.00. The Bertz CT molecular complexity index is 472. The molecular formula is C14H24N4O2. The zero-order valence-electron chi connectivity index (χ0n) is 12.9. The van der Waals surface area contributed by atoms with Crippen molar-refractivity contribution in [1.82, 2.24) is 20.4 Å². The number of carbonyl (C=O) groups is 1. The first-order chi connectivity index (χ1) is 9.30. The number of nitrogens with one attached hydrogen (secondary N) is 1. The van der Waals surface area contributed by atoms with Crippen molar-refractivity contribution in [2.45, 2.75) is 52.6 Å². The molecule has 1 saturated heterocycles. The standard InChI is InChI=1S/C14H24N4O2/c1-9(14(2,3)4)18(5)13(19)11-16-12(20-17-11)10-7-6-8-15-10/h9-10,15H,6-8H2,1-5H3. The summed E-state index contributed by atoms with van der Waals surface area (Å²) in [5, 5.41) is 7.11. The first kappa shape index (κ1) is 15.0. The van der Waals surface area contributed by atoms with Crippen LogP contribution < -0.4 is 5.32 Å². The van der Waals surface area contributed by atoms with Crippen LogP contribution in [-0.2, 0) is 0 Å². The van der Waals surface area contributed by atoms with E-state index in [1.807, 2.05) is 6.92 Å². The molecule has 0 bridgehead atoms. The van der Waals surface area contributed by atoms with E-state index in [-0.39, 0.29) is 29.2 Å². The van der Waals surface area contributed by atoms with E-state index in [4.69, 9.17) is 4.52 Å². The monoisotopic (exact) mass is 280 g/mol. The maximum atomic E-state index is 12.4. The summed E-state index contributed by atoms with van der Waals surface area (Å²) in [5.74, 6) is 0.468. The summed E-state index contributed by atoms with van der Waals surface area (Å²) in [6, 6.07) is 0.177. The molecule has 0 aromatic carbocycles. The summed E-state index contributed by atoms with van der Waals surface area (Å²) in [6.45, 7) is 9.29. The van der Waals surface area contributed by atoms with Crippen molar-refractivity contribution in [2.75, 3.05) is 13.6 Å². The zero-order valence-corrected chi connectivity index (χ0v) is 12.9. The van der Waals surface area contributed by atoms with Gasteiger partial charge in [0.15, 0.2) is 0 Å². The van der Waals surface area contributed by atoms with Crippen molar-refractivity contribution in [3.8, 4) is 0 Å². The molecule has 0 radical (unpaired) electrons. The molecule has 112 valence electrons. The van der Waals surface area contributed by atoms with E-state index in [1.54, 1.807) is 11.9 Å². The van der Waals surface area contributed by atoms with Crippen molar-refractivity contribution >= 4 is 5.91 Å². The van der Waals surface area contributed by atoms with Crippen molar-refractivity contribution in [3.05, 3.63) is 11.7 Å². The Hall–Kier alpha value is -1.43. The van der Waals surface area contributed by atoms with E-state index in [1.165, 1.54) is 0 Å². The molecule has 1 aliphatic rings. The minimum Gasteiger partial charge on any atom is -0.337 e. The van der Waals surface area contributed by atoms with E-state index in [0.717, 1.165) is 19.4 Å². The summed E-state index contributed by atoms with van der Waals surface area (Å²) in [6.07, 6.45) is 2.07. The molecule has 0 aliphatic carbocycles. The molecule has 2 unspecified atom stereocenters. The molecular weight excluding hydrogens is 256 g/mol. The first-order valence-corrected chi connectivity index (χ1v) is 7.15. The van der Waals surface area contributed by atoms with Gasteiger partial charge >= 0.3 is 0 Å². The van der Waals surface area contributed by atoms with Gasteiger partial charge in [0.1, 0.15) is 0 Å². The maximum absolute atomic E-state index is 12.4. The van der Waals surface area contributed by atoms with Gasteiger partial charge in [-0.25, -0.2) is 0 Å². The molecule has 2 rings (SSSR count). The van der Waals surface area contributed by atoms with Gasteiger partial charge in [-0.1, -0.05) is 25.9 Å². The highest BCUT2D eigenvalue weighted by Gasteiger charge is 2.31. The van der Waals surface area contributed by atoms with Gasteiger partial charge in [-0.05, 0) is 31.7 Å². The molecule has 2 heterocycles. The van der Waals surface area contributed by atoms with Crippen LogP contribution in [0.15, 0.2) is 4.52 Å². The average molecular weight is 280 g/mol. The van der Waals surface area contributed by atoms with Crippen molar-refractivity contribution in [2.24, 2.45) is 5.41 Å². The molecule has 20 heavy (non-hydrogen) atoms. The van der Waals surface area contributed by atoms with E-state index in [0.29, 0.717) is 5.89 Å². The second-order valence-corrected chi connectivity index (χ2v) is 6.56. The molecule has 6 nitrogen and oxygen atoms in total. The average Bonchev–Trinajstić information content (AvgIpc) is 3.04. The van der Waals surface area contributed by atoms with Crippen molar-refractivity contribution in [3.63, 3.8) is 0 Å². The van der Waals surface area contributed by atoms with Gasteiger partial charge in [-0.2, -0.15) is 4.98 Å². The van der Waals surface area contributed by atoms with Gasteiger partial charge in [0.25, 0.3) is 11.7 Å². The van der Waals surface area contributed by atoms with Crippen LogP contribution in [0.4, 0.5) is 0 Å². The van der Waals surface area contributed by atoms with Crippen LogP contribution in [0, 0.1) is 5.41 Å². The lowest BCUT2D eigenvalue weighted by Gasteiger charge is -2.34. The third-order valence-corrected chi connectivity index (χ3v) is 4.15. The molecule has 1 aromatic heterocycles. The largest absolute Gasteiger partial charge is 0.337 e. The second-order valence-electron chi connectivity index (χ2n) is 6.56. The number of nitrogens with zero attached hydrogens (tertiary/aromatic N) is 3. The number of carbonyl (C=O) groups excluding carboxylic acids is 1. The van der Waals surface area contributed by atoms with Crippen LogP contribution in [0.5, 0.6) is 0 Å². The quantitative estimate of drug-likeness (QED) is 0.917. The second kappa shape index (κ2) is 5.52. The van der Waals surface area contributed by atoms with Gasteiger partial charge in [-0.3, -0.25) is 4.79 Å². The highest BCUT2D eigenvalue weighted by Crippen LogP contribution is 2.25. The fourth-order valence-corrected chi connectivity index (χ4v) is 2.27. The summed E-state index contributed by atoms with van der Waals surface area (Å²) in [7, 11) is 1.78. The fraction of sp³-hybridized carbons (Fsp3) is 0.786. The number of rotatable bonds is 3. The molecule has 1 N–H and O–H groups in total. The van der Waals surface area contributed by atoms with Gasteiger partial charge in [-0.15, -0.1) is 0 Å². The van der Waals surface area contributed by atoms with Gasteiger partial charge in [0, 0.05) is 13.1 Å². The molecule has 1 fully saturated rings. The van der Waals surface area contributed by atoms with Gasteiger partial charge in [0.2, 0.25) is 5.89 Å². The first-order valence-electron chi connectivity index (χ1n) is 7.15. The van der Waals surface area contributed by atoms with Crippen LogP contribution in [0.3, 0.4) is 0 Å². The van der Waals surface area contributed by atoms with Crippen LogP contribution in [0.2, 0.25) is 0 Å².